The van der Waals surface area contributed by atoms with Gasteiger partial charge in [-0.05, 0) is 56.1 Å². The van der Waals surface area contributed by atoms with E-state index in [1.54, 1.807) is 7.05 Å². The Labute approximate surface area is 175 Å². The van der Waals surface area contributed by atoms with Gasteiger partial charge < -0.3 is 20.3 Å². The first kappa shape index (κ1) is 21.6. The van der Waals surface area contributed by atoms with Gasteiger partial charge in [-0.1, -0.05) is 31.0 Å². The minimum atomic E-state index is 0.0898. The summed E-state index contributed by atoms with van der Waals surface area (Å²) in [6, 6.07) is 8.20. The largest absolute Gasteiger partial charge is 0.382 e. The highest BCUT2D eigenvalue weighted by Crippen LogP contribution is 2.40. The zero-order chi connectivity index (χ0) is 20.5. The SMILES string of the molecule is CCOCCC1(CNC(=NC)NCC(=O)N2CCCc3ccccc32)CCCC1. The molecule has 0 unspecified atom stereocenters. The van der Waals surface area contributed by atoms with E-state index in [0.29, 0.717) is 5.96 Å². The predicted molar refractivity (Wildman–Crippen MR) is 118 cm³/mol. The number of rotatable bonds is 8. The Morgan fingerprint density at radius 3 is 2.76 bits per heavy atom. The van der Waals surface area contributed by atoms with Gasteiger partial charge >= 0.3 is 0 Å². The van der Waals surface area contributed by atoms with Gasteiger partial charge in [0, 0.05) is 39.0 Å². The predicted octanol–water partition coefficient (Wildman–Crippen LogP) is 3.12. The molecule has 3 rings (SSSR count). The van der Waals surface area contributed by atoms with Crippen molar-refractivity contribution in [2.75, 3.05) is 44.8 Å². The highest BCUT2D eigenvalue weighted by Gasteiger charge is 2.33. The molecule has 1 aromatic carbocycles. The normalized spacial score (nSPS) is 18.4. The van der Waals surface area contributed by atoms with Crippen molar-refractivity contribution in [2.24, 2.45) is 10.4 Å². The number of hydrogen-bond acceptors (Lipinski definition) is 3. The second-order valence-electron chi connectivity index (χ2n) is 8.21. The van der Waals surface area contributed by atoms with Crippen molar-refractivity contribution in [1.29, 1.82) is 0 Å². The third-order valence-electron chi connectivity index (χ3n) is 6.32. The van der Waals surface area contributed by atoms with Crippen LogP contribution in [0.3, 0.4) is 0 Å². The first-order valence-corrected chi connectivity index (χ1v) is 11.1. The molecule has 0 spiro atoms. The Balaban J connectivity index is 1.51. The summed E-state index contributed by atoms with van der Waals surface area (Å²) in [6.45, 7) is 5.54. The molecule has 6 heteroatoms. The minimum Gasteiger partial charge on any atom is -0.382 e. The Hall–Kier alpha value is -2.08. The molecule has 1 aliphatic heterocycles. The van der Waals surface area contributed by atoms with E-state index < -0.39 is 0 Å². The number of carbonyl (C=O) groups is 1. The number of aliphatic imine (C=N–C) groups is 1. The lowest BCUT2D eigenvalue weighted by Gasteiger charge is -2.31. The summed E-state index contributed by atoms with van der Waals surface area (Å²) in [4.78, 5) is 19.1. The van der Waals surface area contributed by atoms with E-state index in [4.69, 9.17) is 4.74 Å². The number of hydrogen-bond donors (Lipinski definition) is 2. The van der Waals surface area contributed by atoms with Crippen LogP contribution in [0.25, 0.3) is 0 Å². The van der Waals surface area contributed by atoms with Crippen LogP contribution in [-0.2, 0) is 16.0 Å². The lowest BCUT2D eigenvalue weighted by atomic mass is 9.83. The Bertz CT molecular complexity index is 698. The van der Waals surface area contributed by atoms with Crippen LogP contribution in [0.2, 0.25) is 0 Å². The highest BCUT2D eigenvalue weighted by atomic mass is 16.5. The molecule has 1 amide bonds. The van der Waals surface area contributed by atoms with Crippen LogP contribution < -0.4 is 15.5 Å². The van der Waals surface area contributed by atoms with Gasteiger partial charge in [-0.25, -0.2) is 0 Å². The number of nitrogens with one attached hydrogen (secondary N) is 2. The Morgan fingerprint density at radius 2 is 2.00 bits per heavy atom. The van der Waals surface area contributed by atoms with Crippen molar-refractivity contribution in [3.8, 4) is 0 Å². The summed E-state index contributed by atoms with van der Waals surface area (Å²) < 4.78 is 5.60. The molecule has 0 saturated heterocycles. The first-order chi connectivity index (χ1) is 14.2. The van der Waals surface area contributed by atoms with Crippen molar-refractivity contribution in [2.45, 2.75) is 51.9 Å². The molecule has 160 valence electrons. The van der Waals surface area contributed by atoms with Crippen LogP contribution >= 0.6 is 0 Å². The molecular formula is C23H36N4O2. The van der Waals surface area contributed by atoms with E-state index in [1.807, 2.05) is 30.0 Å². The second-order valence-corrected chi connectivity index (χ2v) is 8.21. The van der Waals surface area contributed by atoms with Crippen molar-refractivity contribution in [3.63, 3.8) is 0 Å². The van der Waals surface area contributed by atoms with E-state index in [0.717, 1.165) is 51.3 Å². The van der Waals surface area contributed by atoms with Crippen LogP contribution in [0.4, 0.5) is 5.69 Å². The average Bonchev–Trinajstić information content (AvgIpc) is 3.22. The van der Waals surface area contributed by atoms with Crippen molar-refractivity contribution in [3.05, 3.63) is 29.8 Å². The molecule has 0 radical (unpaired) electrons. The van der Waals surface area contributed by atoms with E-state index >= 15 is 0 Å². The highest BCUT2D eigenvalue weighted by molar-refractivity contribution is 5.98. The van der Waals surface area contributed by atoms with Gasteiger partial charge in [0.15, 0.2) is 5.96 Å². The standard InChI is InChI=1S/C23H36N4O2/c1-3-29-16-14-23(12-6-7-13-23)18-26-22(24-2)25-17-21(28)27-15-8-10-19-9-4-5-11-20(19)27/h4-5,9,11H,3,6-8,10,12-18H2,1-2H3,(H2,24,25,26). The molecule has 2 N–H and O–H groups in total. The van der Waals surface area contributed by atoms with Crippen LogP contribution in [0.5, 0.6) is 0 Å². The molecule has 1 aliphatic carbocycles. The molecule has 1 saturated carbocycles. The van der Waals surface area contributed by atoms with Crippen LogP contribution in [0.15, 0.2) is 29.3 Å². The van der Waals surface area contributed by atoms with Gasteiger partial charge in [0.1, 0.15) is 0 Å². The second kappa shape index (κ2) is 10.6. The monoisotopic (exact) mass is 400 g/mol. The molecule has 0 bridgehead atoms. The Morgan fingerprint density at radius 1 is 1.21 bits per heavy atom. The van der Waals surface area contributed by atoms with Gasteiger partial charge in [-0.2, -0.15) is 0 Å². The minimum absolute atomic E-state index is 0.0898. The van der Waals surface area contributed by atoms with Crippen LogP contribution in [-0.4, -0.2) is 51.8 Å². The number of benzene rings is 1. The molecule has 0 aromatic heterocycles. The molecular weight excluding hydrogens is 364 g/mol. The zero-order valence-corrected chi connectivity index (χ0v) is 18.0. The maximum absolute atomic E-state index is 12.8. The summed E-state index contributed by atoms with van der Waals surface area (Å²) in [7, 11) is 1.76. The number of para-hydroxylation sites is 1. The number of carbonyl (C=O) groups excluding carboxylic acids is 1. The summed E-state index contributed by atoms with van der Waals surface area (Å²) in [5.41, 5.74) is 2.59. The van der Waals surface area contributed by atoms with Gasteiger partial charge in [-0.3, -0.25) is 9.79 Å². The number of ether oxygens (including phenoxy) is 1. The smallest absolute Gasteiger partial charge is 0.246 e. The lowest BCUT2D eigenvalue weighted by molar-refractivity contribution is -0.117. The van der Waals surface area contributed by atoms with E-state index in [1.165, 1.54) is 31.2 Å². The van der Waals surface area contributed by atoms with Gasteiger partial charge in [0.2, 0.25) is 5.91 Å². The van der Waals surface area contributed by atoms with Crippen LogP contribution in [0.1, 0.15) is 51.0 Å². The maximum Gasteiger partial charge on any atom is 0.246 e. The quantitative estimate of drug-likeness (QED) is 0.400. The fourth-order valence-corrected chi connectivity index (χ4v) is 4.61. The molecule has 6 nitrogen and oxygen atoms in total. The number of nitrogens with zero attached hydrogens (tertiary/aromatic N) is 2. The fourth-order valence-electron chi connectivity index (χ4n) is 4.61. The molecule has 1 aromatic rings. The number of guanidine groups is 1. The summed E-state index contributed by atoms with van der Waals surface area (Å²) in [5, 5.41) is 6.69. The van der Waals surface area contributed by atoms with Crippen molar-refractivity contribution >= 4 is 17.6 Å². The number of fused-ring (bicyclic) bond motifs is 1. The molecule has 1 heterocycles. The lowest BCUT2D eigenvalue weighted by Crippen LogP contribution is -2.48. The molecule has 2 aliphatic rings. The van der Waals surface area contributed by atoms with Gasteiger partial charge in [0.05, 0.1) is 6.54 Å². The first-order valence-electron chi connectivity index (χ1n) is 11.1. The number of anilines is 1. The zero-order valence-electron chi connectivity index (χ0n) is 18.0. The Kier molecular flexibility index (Phi) is 7.92. The molecule has 29 heavy (non-hydrogen) atoms. The fraction of sp³-hybridized carbons (Fsp3) is 0.652. The van der Waals surface area contributed by atoms with Crippen molar-refractivity contribution < 1.29 is 9.53 Å². The number of amides is 1. The van der Waals surface area contributed by atoms with Crippen LogP contribution in [0, 0.1) is 5.41 Å². The summed E-state index contributed by atoms with van der Waals surface area (Å²) in [6.07, 6.45) is 8.16. The third kappa shape index (κ3) is 5.72. The van der Waals surface area contributed by atoms with Crippen molar-refractivity contribution in [1.82, 2.24) is 10.6 Å². The third-order valence-corrected chi connectivity index (χ3v) is 6.32. The van der Waals surface area contributed by atoms with E-state index in [-0.39, 0.29) is 17.9 Å². The van der Waals surface area contributed by atoms with E-state index in [2.05, 4.69) is 21.7 Å². The van der Waals surface area contributed by atoms with Gasteiger partial charge in [-0.15, -0.1) is 0 Å². The number of aryl methyl sites for hydroxylation is 1. The summed E-state index contributed by atoms with van der Waals surface area (Å²) >= 11 is 0. The average molecular weight is 401 g/mol. The topological polar surface area (TPSA) is 66.0 Å². The molecule has 1 fully saturated rings. The van der Waals surface area contributed by atoms with Gasteiger partial charge in [0.25, 0.3) is 0 Å². The maximum atomic E-state index is 12.8. The van der Waals surface area contributed by atoms with E-state index in [9.17, 15) is 4.79 Å². The summed E-state index contributed by atoms with van der Waals surface area (Å²) in [5.74, 6) is 0.790. The molecule has 0 atom stereocenters.